The minimum atomic E-state index is -0.815. The molecule has 0 heterocycles. The van der Waals surface area contributed by atoms with Crippen LogP contribution in [0.15, 0.2) is 60.7 Å². The minimum absolute atomic E-state index is 0.0648. The van der Waals surface area contributed by atoms with Crippen LogP contribution in [0, 0.1) is 4.91 Å². The van der Waals surface area contributed by atoms with Gasteiger partial charge >= 0.3 is 11.7 Å². The Morgan fingerprint density at radius 2 is 1.45 bits per heavy atom. The van der Waals surface area contributed by atoms with Crippen LogP contribution in [0.4, 0.5) is 0 Å². The van der Waals surface area contributed by atoms with E-state index in [0.717, 1.165) is 0 Å². The second kappa shape index (κ2) is 6.22. The fourth-order valence-electron chi connectivity index (χ4n) is 1.55. The second-order valence-corrected chi connectivity index (χ2v) is 3.83. The van der Waals surface area contributed by atoms with Crippen molar-refractivity contribution in [2.24, 2.45) is 0 Å². The van der Waals surface area contributed by atoms with Crippen molar-refractivity contribution in [3.63, 3.8) is 0 Å². The molecule has 0 saturated carbocycles. The molecule has 0 saturated heterocycles. The minimum Gasteiger partial charge on any atom is -0.757 e. The Morgan fingerprint density at radius 3 is 1.95 bits per heavy atom. The highest BCUT2D eigenvalue weighted by Crippen LogP contribution is 2.13. The van der Waals surface area contributed by atoms with Crippen molar-refractivity contribution in [3.8, 4) is 0 Å². The fourth-order valence-corrected chi connectivity index (χ4v) is 1.55. The summed E-state index contributed by atoms with van der Waals surface area (Å²) in [6.07, 6.45) is 0. The van der Waals surface area contributed by atoms with Gasteiger partial charge in [-0.3, -0.25) is 0 Å². The maximum absolute atomic E-state index is 11.8. The molecule has 5 heteroatoms. The highest BCUT2D eigenvalue weighted by molar-refractivity contribution is 5.90. The molecule has 0 spiro atoms. The monoisotopic (exact) mass is 266 g/mol. The molecule has 98 valence electrons. The summed E-state index contributed by atoms with van der Waals surface area (Å²) in [5, 5.41) is 9.01. The Morgan fingerprint density at radius 1 is 0.950 bits per heavy atom. The van der Waals surface area contributed by atoms with Gasteiger partial charge in [0, 0.05) is 0 Å². The van der Waals surface area contributed by atoms with Gasteiger partial charge in [0.15, 0.2) is 0 Å². The summed E-state index contributed by atoms with van der Waals surface area (Å²) in [5.41, 5.74) is 0.333. The van der Waals surface area contributed by atoms with Gasteiger partial charge in [-0.2, -0.15) is 5.87 Å². The third kappa shape index (κ3) is 3.04. The summed E-state index contributed by atoms with van der Waals surface area (Å²) < 4.78 is 0. The summed E-state index contributed by atoms with van der Waals surface area (Å²) in [6.45, 7) is 0. The van der Waals surface area contributed by atoms with Gasteiger partial charge in [0.1, 0.15) is 0 Å². The lowest BCUT2D eigenvalue weighted by atomic mass is 10.2. The van der Waals surface area contributed by atoms with Gasteiger partial charge in [-0.15, -0.1) is 4.84 Å². The third-order valence-electron chi connectivity index (χ3n) is 2.51. The van der Waals surface area contributed by atoms with Crippen LogP contribution in [0.25, 0.3) is 11.1 Å². The van der Waals surface area contributed by atoms with Crippen LogP contribution in [0.3, 0.4) is 0 Å². The van der Waals surface area contributed by atoms with E-state index in [1.807, 2.05) is 0 Å². The Bertz CT molecular complexity index is 675. The zero-order valence-corrected chi connectivity index (χ0v) is 10.4. The van der Waals surface area contributed by atoms with Gasteiger partial charge in [0.25, 0.3) is 4.92 Å². The van der Waals surface area contributed by atoms with Gasteiger partial charge in [-0.1, -0.05) is 36.4 Å². The molecule has 2 aromatic rings. The standard InChI is InChI=1S/C15H10N2O3/c16-11-14(12-7-3-1-4-8-12)17(19)20-15(18)13-9-5-2-6-10-13/h1-10H. The van der Waals surface area contributed by atoms with Crippen LogP contribution in [0.5, 0.6) is 0 Å². The zero-order valence-electron chi connectivity index (χ0n) is 10.4. The number of hydrogen-bond acceptors (Lipinski definition) is 3. The first-order valence-corrected chi connectivity index (χ1v) is 5.79. The molecule has 0 fully saturated rings. The molecule has 0 bridgehead atoms. The van der Waals surface area contributed by atoms with Crippen LogP contribution < -0.4 is 0 Å². The molecule has 0 radical (unpaired) electrons. The van der Waals surface area contributed by atoms with Crippen molar-refractivity contribution in [1.29, 1.82) is 0 Å². The van der Waals surface area contributed by atoms with Crippen molar-refractivity contribution in [2.75, 3.05) is 0 Å². The van der Waals surface area contributed by atoms with Crippen LogP contribution in [0.2, 0.25) is 0 Å². The molecule has 0 amide bonds. The Hall–Kier alpha value is -3.04. The van der Waals surface area contributed by atoms with E-state index in [4.69, 9.17) is 5.41 Å². The molecular formula is C15H10N2O3. The van der Waals surface area contributed by atoms with Crippen LogP contribution in [-0.4, -0.2) is 16.8 Å². The SMILES string of the molecule is [N-]=C=C(c1ccccc1)[N+](=O)OC(=O)c1ccccc1. The number of benzene rings is 2. The summed E-state index contributed by atoms with van der Waals surface area (Å²) in [6, 6.07) is 16.4. The molecule has 0 unspecified atom stereocenters. The average molecular weight is 266 g/mol. The van der Waals surface area contributed by atoms with Crippen molar-refractivity contribution >= 4 is 17.5 Å². The molecule has 20 heavy (non-hydrogen) atoms. The summed E-state index contributed by atoms with van der Waals surface area (Å²) in [7, 11) is 0. The maximum atomic E-state index is 11.8. The van der Waals surface area contributed by atoms with E-state index >= 15 is 0 Å². The zero-order chi connectivity index (χ0) is 14.4. The number of carbonyl (C=O) groups is 1. The predicted molar refractivity (Wildman–Crippen MR) is 73.7 cm³/mol. The number of hydrogen-bond donors (Lipinski definition) is 0. The van der Waals surface area contributed by atoms with E-state index in [9.17, 15) is 9.70 Å². The molecule has 2 aromatic carbocycles. The number of carbonyl (C=O) groups excluding carboxylic acids is 1. The van der Waals surface area contributed by atoms with Gasteiger partial charge in [-0.05, 0) is 24.3 Å². The predicted octanol–water partition coefficient (Wildman–Crippen LogP) is 2.82. The van der Waals surface area contributed by atoms with Gasteiger partial charge in [0.05, 0.1) is 16.0 Å². The van der Waals surface area contributed by atoms with E-state index in [1.54, 1.807) is 54.4 Å². The van der Waals surface area contributed by atoms with E-state index in [1.165, 1.54) is 12.1 Å². The Balaban J connectivity index is 2.16. The topological polar surface area (TPSA) is 68.7 Å². The Kier molecular flexibility index (Phi) is 4.17. The highest BCUT2D eigenvalue weighted by Gasteiger charge is 2.26. The largest absolute Gasteiger partial charge is 0.757 e. The van der Waals surface area contributed by atoms with Gasteiger partial charge < -0.3 is 5.41 Å². The summed E-state index contributed by atoms with van der Waals surface area (Å²) in [5.74, 6) is 0.912. The lowest BCUT2D eigenvalue weighted by Crippen LogP contribution is -2.15. The van der Waals surface area contributed by atoms with Crippen LogP contribution >= 0.6 is 0 Å². The van der Waals surface area contributed by atoms with Crippen molar-refractivity contribution in [1.82, 2.24) is 0 Å². The first-order chi connectivity index (χ1) is 9.72. The molecule has 0 aliphatic carbocycles. The molecule has 2 rings (SSSR count). The third-order valence-corrected chi connectivity index (χ3v) is 2.51. The first kappa shape index (κ1) is 13.4. The van der Waals surface area contributed by atoms with Crippen molar-refractivity contribution < 1.29 is 14.6 Å². The fraction of sp³-hybridized carbons (Fsp3) is 0. The lowest BCUT2D eigenvalue weighted by Gasteiger charge is -1.97. The van der Waals surface area contributed by atoms with E-state index < -0.39 is 5.97 Å². The molecule has 0 aromatic heterocycles. The van der Waals surface area contributed by atoms with Gasteiger partial charge in [0.2, 0.25) is 0 Å². The van der Waals surface area contributed by atoms with E-state index in [-0.39, 0.29) is 16.2 Å². The Labute approximate surface area is 115 Å². The number of rotatable bonds is 4. The van der Waals surface area contributed by atoms with Crippen LogP contribution in [0.1, 0.15) is 15.9 Å². The normalized spacial score (nSPS) is 9.40. The molecular weight excluding hydrogens is 256 g/mol. The van der Waals surface area contributed by atoms with E-state index in [0.29, 0.717) is 5.56 Å². The second-order valence-electron chi connectivity index (χ2n) is 3.83. The molecule has 0 N–H and O–H groups in total. The molecule has 0 atom stereocenters. The number of nitrogens with zero attached hydrogens (tertiary/aromatic N) is 2. The first-order valence-electron chi connectivity index (χ1n) is 5.79. The summed E-state index contributed by atoms with van der Waals surface area (Å²) >= 11 is 0. The highest BCUT2D eigenvalue weighted by atomic mass is 16.8. The molecule has 5 nitrogen and oxygen atoms in total. The lowest BCUT2D eigenvalue weighted by molar-refractivity contribution is -0.706. The summed E-state index contributed by atoms with van der Waals surface area (Å²) in [4.78, 5) is 28.1. The van der Waals surface area contributed by atoms with Gasteiger partial charge in [-0.25, -0.2) is 4.79 Å². The smallest absolute Gasteiger partial charge is 0.416 e. The van der Waals surface area contributed by atoms with E-state index in [2.05, 4.69) is 4.84 Å². The maximum Gasteiger partial charge on any atom is 0.416 e. The molecule has 0 aliphatic rings. The quantitative estimate of drug-likeness (QED) is 0.631. The molecule has 0 aliphatic heterocycles. The van der Waals surface area contributed by atoms with Crippen molar-refractivity contribution in [2.45, 2.75) is 0 Å². The van der Waals surface area contributed by atoms with Crippen molar-refractivity contribution in [3.05, 3.63) is 82.1 Å². The van der Waals surface area contributed by atoms with Crippen LogP contribution in [-0.2, 0) is 4.84 Å². The average Bonchev–Trinajstić information content (AvgIpc) is 2.50.